The van der Waals surface area contributed by atoms with E-state index in [0.717, 1.165) is 11.3 Å². The Balaban J connectivity index is 2.49. The van der Waals surface area contributed by atoms with Crippen LogP contribution >= 0.6 is 23.1 Å². The maximum atomic E-state index is 11.8. The van der Waals surface area contributed by atoms with Crippen molar-refractivity contribution < 1.29 is 4.79 Å². The number of ketones is 1. The highest BCUT2D eigenvalue weighted by atomic mass is 32.2. The molecule has 3 heteroatoms. The van der Waals surface area contributed by atoms with E-state index in [1.54, 1.807) is 23.1 Å². The second-order valence-corrected chi connectivity index (χ2v) is 5.78. The lowest BCUT2D eigenvalue weighted by Crippen LogP contribution is -2.29. The molecule has 1 aliphatic rings. The van der Waals surface area contributed by atoms with E-state index in [2.05, 4.69) is 0 Å². The minimum absolute atomic E-state index is 0.168. The van der Waals surface area contributed by atoms with Crippen LogP contribution in [0.1, 0.15) is 24.2 Å². The van der Waals surface area contributed by atoms with E-state index in [1.807, 2.05) is 25.3 Å². The molecule has 1 aromatic rings. The first-order valence-corrected chi connectivity index (χ1v) is 5.73. The summed E-state index contributed by atoms with van der Waals surface area (Å²) in [5.74, 6) is 1.22. The van der Waals surface area contributed by atoms with Crippen molar-refractivity contribution in [2.24, 2.45) is 5.41 Å². The van der Waals surface area contributed by atoms with Gasteiger partial charge in [-0.05, 0) is 11.4 Å². The van der Waals surface area contributed by atoms with Crippen molar-refractivity contribution in [3.8, 4) is 0 Å². The molecule has 64 valence electrons. The van der Waals surface area contributed by atoms with Crippen LogP contribution in [0.4, 0.5) is 0 Å². The van der Waals surface area contributed by atoms with Crippen LogP contribution in [0.25, 0.3) is 0 Å². The molecule has 0 bridgehead atoms. The highest BCUT2D eigenvalue weighted by Crippen LogP contribution is 2.41. The number of carbonyl (C=O) groups excluding carboxylic acids is 1. The van der Waals surface area contributed by atoms with E-state index in [1.165, 1.54) is 4.21 Å². The Hall–Kier alpha value is -0.280. The number of fused-ring (bicyclic) bond motifs is 1. The molecule has 0 amide bonds. The Bertz CT molecular complexity index is 325. The van der Waals surface area contributed by atoms with Gasteiger partial charge in [-0.25, -0.2) is 0 Å². The van der Waals surface area contributed by atoms with Crippen molar-refractivity contribution in [2.75, 3.05) is 5.75 Å². The minimum Gasteiger partial charge on any atom is -0.293 e. The molecule has 0 unspecified atom stereocenters. The van der Waals surface area contributed by atoms with Gasteiger partial charge in [0.15, 0.2) is 5.78 Å². The average molecular weight is 198 g/mol. The van der Waals surface area contributed by atoms with Crippen LogP contribution in [0.3, 0.4) is 0 Å². The molecule has 1 aliphatic heterocycles. The SMILES string of the molecule is CC1(C)CSc2sccc2C1=O. The molecule has 0 aromatic carbocycles. The summed E-state index contributed by atoms with van der Waals surface area (Å²) < 4.78 is 1.19. The highest BCUT2D eigenvalue weighted by molar-refractivity contribution is 8.01. The fraction of sp³-hybridized carbons (Fsp3) is 0.444. The number of hydrogen-bond acceptors (Lipinski definition) is 3. The first-order chi connectivity index (χ1) is 5.61. The summed E-state index contributed by atoms with van der Waals surface area (Å²) in [6.45, 7) is 4.03. The van der Waals surface area contributed by atoms with Gasteiger partial charge in [-0.3, -0.25) is 4.79 Å². The van der Waals surface area contributed by atoms with Gasteiger partial charge in [-0.1, -0.05) is 13.8 Å². The molecule has 0 saturated carbocycles. The molecule has 0 atom stereocenters. The minimum atomic E-state index is -0.168. The van der Waals surface area contributed by atoms with Crippen molar-refractivity contribution in [1.82, 2.24) is 0 Å². The number of Topliss-reactive ketones (excluding diaryl/α,β-unsaturated/α-hetero) is 1. The third-order valence-corrected chi connectivity index (χ3v) is 4.75. The van der Waals surface area contributed by atoms with Gasteiger partial charge < -0.3 is 0 Å². The van der Waals surface area contributed by atoms with E-state index >= 15 is 0 Å². The molecule has 0 spiro atoms. The molecular formula is C9H10OS2. The summed E-state index contributed by atoms with van der Waals surface area (Å²) in [6, 6.07) is 1.94. The Morgan fingerprint density at radius 2 is 2.25 bits per heavy atom. The van der Waals surface area contributed by atoms with E-state index in [9.17, 15) is 4.79 Å². The molecular weight excluding hydrogens is 188 g/mol. The standard InChI is InChI=1S/C9H10OS2/c1-9(2)5-12-8-6(7(9)10)3-4-11-8/h3-4H,5H2,1-2H3. The van der Waals surface area contributed by atoms with Crippen LogP contribution in [0, 0.1) is 5.41 Å². The van der Waals surface area contributed by atoms with Gasteiger partial charge in [0.1, 0.15) is 0 Å². The molecule has 0 radical (unpaired) electrons. The van der Waals surface area contributed by atoms with E-state index in [-0.39, 0.29) is 5.41 Å². The predicted octanol–water partition coefficient (Wildman–Crippen LogP) is 3.06. The lowest BCUT2D eigenvalue weighted by molar-refractivity contribution is 0.0857. The Kier molecular flexibility index (Phi) is 1.81. The third-order valence-electron chi connectivity index (χ3n) is 2.05. The third kappa shape index (κ3) is 1.12. The lowest BCUT2D eigenvalue weighted by Gasteiger charge is -2.26. The van der Waals surface area contributed by atoms with Crippen molar-refractivity contribution in [3.63, 3.8) is 0 Å². The number of hydrogen-bond donors (Lipinski definition) is 0. The van der Waals surface area contributed by atoms with Crippen molar-refractivity contribution in [3.05, 3.63) is 17.0 Å². The monoisotopic (exact) mass is 198 g/mol. The zero-order valence-corrected chi connectivity index (χ0v) is 8.72. The number of thiophene rings is 1. The molecule has 1 aromatic heterocycles. The number of rotatable bonds is 0. The van der Waals surface area contributed by atoms with Crippen LogP contribution < -0.4 is 0 Å². The van der Waals surface area contributed by atoms with Crippen molar-refractivity contribution in [1.29, 1.82) is 0 Å². The topological polar surface area (TPSA) is 17.1 Å². The van der Waals surface area contributed by atoms with Gasteiger partial charge in [-0.2, -0.15) is 0 Å². The normalized spacial score (nSPS) is 20.7. The summed E-state index contributed by atoms with van der Waals surface area (Å²) >= 11 is 3.48. The average Bonchev–Trinajstić information content (AvgIpc) is 2.45. The van der Waals surface area contributed by atoms with Gasteiger partial charge in [0.2, 0.25) is 0 Å². The van der Waals surface area contributed by atoms with Crippen LogP contribution in [-0.2, 0) is 0 Å². The maximum absolute atomic E-state index is 11.8. The molecule has 12 heavy (non-hydrogen) atoms. The Morgan fingerprint density at radius 1 is 1.50 bits per heavy atom. The zero-order chi connectivity index (χ0) is 8.77. The molecule has 2 rings (SSSR count). The molecule has 0 N–H and O–H groups in total. The Labute approximate surface area is 80.2 Å². The largest absolute Gasteiger partial charge is 0.293 e. The highest BCUT2D eigenvalue weighted by Gasteiger charge is 2.35. The van der Waals surface area contributed by atoms with Crippen LogP contribution in [0.5, 0.6) is 0 Å². The molecule has 0 aliphatic carbocycles. The summed E-state index contributed by atoms with van der Waals surface area (Å²) in [4.78, 5) is 11.8. The molecule has 2 heterocycles. The summed E-state index contributed by atoms with van der Waals surface area (Å²) in [7, 11) is 0. The molecule has 0 fully saturated rings. The molecule has 0 saturated heterocycles. The summed E-state index contributed by atoms with van der Waals surface area (Å²) in [5, 5.41) is 2.00. The van der Waals surface area contributed by atoms with E-state index < -0.39 is 0 Å². The zero-order valence-electron chi connectivity index (χ0n) is 7.09. The van der Waals surface area contributed by atoms with E-state index in [0.29, 0.717) is 5.78 Å². The van der Waals surface area contributed by atoms with Gasteiger partial charge in [0, 0.05) is 16.7 Å². The van der Waals surface area contributed by atoms with Crippen LogP contribution in [0.15, 0.2) is 15.7 Å². The van der Waals surface area contributed by atoms with Crippen LogP contribution in [-0.4, -0.2) is 11.5 Å². The summed E-state index contributed by atoms with van der Waals surface area (Å²) in [5.41, 5.74) is 0.764. The fourth-order valence-corrected chi connectivity index (χ4v) is 3.42. The maximum Gasteiger partial charge on any atom is 0.171 e. The predicted molar refractivity (Wildman–Crippen MR) is 53.2 cm³/mol. The van der Waals surface area contributed by atoms with Gasteiger partial charge >= 0.3 is 0 Å². The Morgan fingerprint density at radius 3 is 3.00 bits per heavy atom. The number of carbonyl (C=O) groups is 1. The van der Waals surface area contributed by atoms with Crippen molar-refractivity contribution >= 4 is 28.9 Å². The molecule has 1 nitrogen and oxygen atoms in total. The smallest absolute Gasteiger partial charge is 0.171 e. The fourth-order valence-electron chi connectivity index (χ4n) is 1.25. The second kappa shape index (κ2) is 2.60. The first kappa shape index (κ1) is 8.32. The van der Waals surface area contributed by atoms with Crippen molar-refractivity contribution in [2.45, 2.75) is 18.1 Å². The van der Waals surface area contributed by atoms with Gasteiger partial charge in [0.25, 0.3) is 0 Å². The second-order valence-electron chi connectivity index (χ2n) is 3.62. The number of thioether (sulfide) groups is 1. The quantitative estimate of drug-likeness (QED) is 0.637. The van der Waals surface area contributed by atoms with Gasteiger partial charge in [0.05, 0.1) is 4.21 Å². The van der Waals surface area contributed by atoms with Crippen LogP contribution in [0.2, 0.25) is 0 Å². The first-order valence-electron chi connectivity index (χ1n) is 3.86. The lowest BCUT2D eigenvalue weighted by atomic mass is 9.87. The van der Waals surface area contributed by atoms with Gasteiger partial charge in [-0.15, -0.1) is 23.1 Å². The summed E-state index contributed by atoms with van der Waals surface area (Å²) in [6.07, 6.45) is 0. The van der Waals surface area contributed by atoms with E-state index in [4.69, 9.17) is 0 Å².